The molecule has 1 aromatic carbocycles. The van der Waals surface area contributed by atoms with E-state index in [4.69, 9.17) is 16.6 Å². The molecule has 3 aromatic rings. The Bertz CT molecular complexity index is 706. The lowest BCUT2D eigenvalue weighted by atomic mass is 10.2. The molecule has 1 unspecified atom stereocenters. The zero-order valence-electron chi connectivity index (χ0n) is 11.3. The molecule has 0 aliphatic rings. The van der Waals surface area contributed by atoms with E-state index in [9.17, 15) is 0 Å². The van der Waals surface area contributed by atoms with Crippen LogP contribution >= 0.6 is 11.6 Å². The highest BCUT2D eigenvalue weighted by molar-refractivity contribution is 6.17. The van der Waals surface area contributed by atoms with Crippen LogP contribution in [-0.2, 0) is 6.42 Å². The maximum absolute atomic E-state index is 5.92. The van der Waals surface area contributed by atoms with Crippen molar-refractivity contribution in [2.24, 2.45) is 0 Å². The summed E-state index contributed by atoms with van der Waals surface area (Å²) in [5.41, 5.74) is 3.17. The first kappa shape index (κ1) is 13.1. The van der Waals surface area contributed by atoms with Crippen LogP contribution in [0.5, 0.6) is 0 Å². The molecule has 4 heteroatoms. The second kappa shape index (κ2) is 5.63. The third-order valence-corrected chi connectivity index (χ3v) is 3.68. The molecule has 3 nitrogen and oxygen atoms in total. The van der Waals surface area contributed by atoms with Crippen molar-refractivity contribution in [2.45, 2.75) is 19.4 Å². The number of nitrogens with zero attached hydrogens (tertiary/aromatic N) is 3. The fourth-order valence-corrected chi connectivity index (χ4v) is 2.71. The molecule has 0 aliphatic heterocycles. The van der Waals surface area contributed by atoms with Crippen molar-refractivity contribution >= 4 is 22.6 Å². The Kier molecular flexibility index (Phi) is 3.70. The number of aryl methyl sites for hydroxylation is 1. The molecule has 0 fully saturated rings. The second-order valence-electron chi connectivity index (χ2n) is 4.76. The Morgan fingerprint density at radius 3 is 2.70 bits per heavy atom. The molecule has 3 rings (SSSR count). The van der Waals surface area contributed by atoms with E-state index in [-0.39, 0.29) is 6.04 Å². The van der Waals surface area contributed by atoms with Gasteiger partial charge in [-0.3, -0.25) is 4.98 Å². The molecule has 0 saturated heterocycles. The molecular weight excluding hydrogens is 270 g/mol. The third kappa shape index (κ3) is 2.29. The summed E-state index contributed by atoms with van der Waals surface area (Å²) in [5, 5.41) is 0. The van der Waals surface area contributed by atoms with E-state index in [1.54, 1.807) is 0 Å². The number of pyridine rings is 1. The number of imidazole rings is 1. The van der Waals surface area contributed by atoms with E-state index in [0.717, 1.165) is 29.0 Å². The van der Waals surface area contributed by atoms with Gasteiger partial charge in [0.25, 0.3) is 0 Å². The Hall–Kier alpha value is -1.87. The van der Waals surface area contributed by atoms with Gasteiger partial charge in [-0.05, 0) is 31.2 Å². The van der Waals surface area contributed by atoms with Crippen molar-refractivity contribution in [3.8, 4) is 0 Å². The number of hydrogen-bond acceptors (Lipinski definition) is 2. The Morgan fingerprint density at radius 1 is 1.15 bits per heavy atom. The first-order valence-electron chi connectivity index (χ1n) is 6.74. The lowest BCUT2D eigenvalue weighted by Crippen LogP contribution is -2.12. The van der Waals surface area contributed by atoms with Gasteiger partial charge in [-0.2, -0.15) is 0 Å². The zero-order chi connectivity index (χ0) is 13.9. The van der Waals surface area contributed by atoms with Gasteiger partial charge in [-0.15, -0.1) is 11.6 Å². The molecule has 0 bridgehead atoms. The van der Waals surface area contributed by atoms with E-state index in [1.807, 2.05) is 42.6 Å². The van der Waals surface area contributed by atoms with Gasteiger partial charge in [0.05, 0.1) is 22.8 Å². The number of para-hydroxylation sites is 2. The quantitative estimate of drug-likeness (QED) is 0.682. The first-order chi connectivity index (χ1) is 9.81. The van der Waals surface area contributed by atoms with Crippen molar-refractivity contribution in [3.05, 3.63) is 60.2 Å². The van der Waals surface area contributed by atoms with Gasteiger partial charge in [0, 0.05) is 18.5 Å². The average molecular weight is 286 g/mol. The number of fused-ring (bicyclic) bond motifs is 1. The monoisotopic (exact) mass is 285 g/mol. The zero-order valence-corrected chi connectivity index (χ0v) is 12.1. The Balaban J connectivity index is 2.15. The summed E-state index contributed by atoms with van der Waals surface area (Å²) in [6.45, 7) is 2.15. The summed E-state index contributed by atoms with van der Waals surface area (Å²) >= 11 is 5.92. The lowest BCUT2D eigenvalue weighted by Gasteiger charge is -2.17. The van der Waals surface area contributed by atoms with Gasteiger partial charge in [0.1, 0.15) is 5.82 Å². The van der Waals surface area contributed by atoms with E-state index in [1.165, 1.54) is 0 Å². The second-order valence-corrected chi connectivity index (χ2v) is 5.13. The maximum atomic E-state index is 5.92. The summed E-state index contributed by atoms with van der Waals surface area (Å²) in [4.78, 5) is 9.16. The predicted octanol–water partition coefficient (Wildman–Crippen LogP) is 3.82. The highest BCUT2D eigenvalue weighted by Gasteiger charge is 2.17. The highest BCUT2D eigenvalue weighted by Crippen LogP contribution is 2.25. The van der Waals surface area contributed by atoms with E-state index >= 15 is 0 Å². The van der Waals surface area contributed by atoms with Gasteiger partial charge < -0.3 is 4.57 Å². The number of aromatic nitrogens is 3. The average Bonchev–Trinajstić information content (AvgIpc) is 2.86. The van der Waals surface area contributed by atoms with Crippen molar-refractivity contribution in [1.29, 1.82) is 0 Å². The van der Waals surface area contributed by atoms with E-state index in [2.05, 4.69) is 22.5 Å². The van der Waals surface area contributed by atoms with Crippen LogP contribution in [-0.4, -0.2) is 20.4 Å². The normalized spacial score (nSPS) is 12.7. The van der Waals surface area contributed by atoms with Crippen LogP contribution < -0.4 is 0 Å². The van der Waals surface area contributed by atoms with Crippen LogP contribution in [0.4, 0.5) is 0 Å². The number of benzene rings is 1. The largest absolute Gasteiger partial charge is 0.319 e. The third-order valence-electron chi connectivity index (χ3n) is 3.49. The number of alkyl halides is 1. The molecular formula is C16H16ClN3. The Morgan fingerprint density at radius 2 is 1.95 bits per heavy atom. The maximum Gasteiger partial charge on any atom is 0.111 e. The molecule has 0 saturated carbocycles. The highest BCUT2D eigenvalue weighted by atomic mass is 35.5. The fraction of sp³-hybridized carbons (Fsp3) is 0.250. The Labute approximate surface area is 123 Å². The summed E-state index contributed by atoms with van der Waals surface area (Å²) in [7, 11) is 0. The summed E-state index contributed by atoms with van der Waals surface area (Å²) < 4.78 is 2.24. The van der Waals surface area contributed by atoms with Crippen LogP contribution in [0.3, 0.4) is 0 Å². The minimum Gasteiger partial charge on any atom is -0.319 e. The molecule has 0 aliphatic carbocycles. The van der Waals surface area contributed by atoms with Crippen LogP contribution in [0, 0.1) is 0 Å². The van der Waals surface area contributed by atoms with Crippen molar-refractivity contribution in [1.82, 2.24) is 14.5 Å². The molecule has 0 N–H and O–H groups in total. The molecule has 0 amide bonds. The van der Waals surface area contributed by atoms with Crippen molar-refractivity contribution in [2.75, 3.05) is 5.88 Å². The minimum absolute atomic E-state index is 0.141. The summed E-state index contributed by atoms with van der Waals surface area (Å²) in [6, 6.07) is 14.3. The number of halogens is 1. The fourth-order valence-electron chi connectivity index (χ4n) is 2.54. The topological polar surface area (TPSA) is 30.7 Å². The van der Waals surface area contributed by atoms with Crippen LogP contribution in [0.25, 0.3) is 11.0 Å². The van der Waals surface area contributed by atoms with Gasteiger partial charge in [0.2, 0.25) is 0 Å². The van der Waals surface area contributed by atoms with Crippen LogP contribution in [0.2, 0.25) is 0 Å². The standard InChI is InChI=1S/C16H16ClN3/c1-12(13-6-4-5-11-18-13)20-15-8-3-2-7-14(15)19-16(20)9-10-17/h2-8,11-12H,9-10H2,1H3. The molecule has 2 heterocycles. The summed E-state index contributed by atoms with van der Waals surface area (Å²) in [5.74, 6) is 1.58. The van der Waals surface area contributed by atoms with E-state index < -0.39 is 0 Å². The smallest absolute Gasteiger partial charge is 0.111 e. The van der Waals surface area contributed by atoms with Gasteiger partial charge in [0.15, 0.2) is 0 Å². The lowest BCUT2D eigenvalue weighted by molar-refractivity contribution is 0.607. The first-order valence-corrected chi connectivity index (χ1v) is 7.27. The molecule has 20 heavy (non-hydrogen) atoms. The minimum atomic E-state index is 0.141. The molecule has 1 atom stereocenters. The van der Waals surface area contributed by atoms with Crippen LogP contribution in [0.1, 0.15) is 24.5 Å². The molecule has 2 aromatic heterocycles. The van der Waals surface area contributed by atoms with Crippen molar-refractivity contribution < 1.29 is 0 Å². The van der Waals surface area contributed by atoms with Gasteiger partial charge in [-0.1, -0.05) is 18.2 Å². The molecule has 0 radical (unpaired) electrons. The SMILES string of the molecule is CC(c1ccccn1)n1c(CCCl)nc2ccccc21. The number of hydrogen-bond donors (Lipinski definition) is 0. The summed E-state index contributed by atoms with van der Waals surface area (Å²) in [6.07, 6.45) is 2.58. The van der Waals surface area contributed by atoms with Gasteiger partial charge in [-0.25, -0.2) is 4.98 Å². The molecule has 102 valence electrons. The van der Waals surface area contributed by atoms with E-state index in [0.29, 0.717) is 5.88 Å². The molecule has 0 spiro atoms. The van der Waals surface area contributed by atoms with Gasteiger partial charge >= 0.3 is 0 Å². The predicted molar refractivity (Wildman–Crippen MR) is 82.2 cm³/mol. The van der Waals surface area contributed by atoms with Crippen LogP contribution in [0.15, 0.2) is 48.7 Å². The number of rotatable bonds is 4. The van der Waals surface area contributed by atoms with Crippen molar-refractivity contribution in [3.63, 3.8) is 0 Å².